The Kier molecular flexibility index (Phi) is 5.83. The number of carbonyl (C=O) groups is 2. The van der Waals surface area contributed by atoms with Crippen molar-refractivity contribution in [1.82, 2.24) is 0 Å². The molecule has 116 valence electrons. The van der Waals surface area contributed by atoms with Crippen LogP contribution < -0.4 is 0 Å². The van der Waals surface area contributed by atoms with Crippen LogP contribution in [0.5, 0.6) is 0 Å². The van der Waals surface area contributed by atoms with Gasteiger partial charge in [-0.05, 0) is 35.3 Å². The van der Waals surface area contributed by atoms with Crippen LogP contribution in [0.1, 0.15) is 19.4 Å². The molecule has 0 N–H and O–H groups in total. The molecule has 1 rings (SSSR count). The molecule has 1 aromatic rings. The Morgan fingerprint density at radius 1 is 1.05 bits per heavy atom. The molecular weight excluding hydrogens is 350 g/mol. The van der Waals surface area contributed by atoms with Crippen molar-refractivity contribution in [2.24, 2.45) is 0 Å². The van der Waals surface area contributed by atoms with Crippen molar-refractivity contribution in [1.29, 1.82) is 0 Å². The molecule has 0 aliphatic carbocycles. The largest absolute Gasteiger partial charge is 0.465 e. The van der Waals surface area contributed by atoms with Crippen LogP contribution in [0.4, 0.5) is 8.78 Å². The summed E-state index contributed by atoms with van der Waals surface area (Å²) in [4.78, 5) is 20.5. The van der Waals surface area contributed by atoms with E-state index in [0.29, 0.717) is 0 Å². The van der Waals surface area contributed by atoms with Crippen molar-refractivity contribution in [3.63, 3.8) is 0 Å². The van der Waals surface area contributed by atoms with Gasteiger partial charge >= 0.3 is 16.8 Å². The van der Waals surface area contributed by atoms with E-state index in [0.717, 1.165) is 0 Å². The highest BCUT2D eigenvalue weighted by Gasteiger charge is 2.67. The van der Waals surface area contributed by atoms with E-state index in [1.165, 1.54) is 38.1 Å². The molecular formula is C14H15BrF2O4. The lowest BCUT2D eigenvalue weighted by atomic mass is 9.80. The van der Waals surface area contributed by atoms with Gasteiger partial charge in [-0.25, -0.2) is 0 Å². The van der Waals surface area contributed by atoms with Gasteiger partial charge in [0.1, 0.15) is 0 Å². The molecule has 4 nitrogen and oxygen atoms in total. The number of hydrogen-bond donors (Lipinski definition) is 0. The highest BCUT2D eigenvalue weighted by atomic mass is 79.9. The first-order chi connectivity index (χ1) is 9.82. The normalized spacial score (nSPS) is 11.9. The number of benzene rings is 1. The first-order valence-electron chi connectivity index (χ1n) is 6.29. The quantitative estimate of drug-likeness (QED) is 0.442. The number of esters is 2. The lowest BCUT2D eigenvalue weighted by Gasteiger charge is -2.32. The Labute approximate surface area is 129 Å². The molecule has 0 unspecified atom stereocenters. The number of ether oxygens (including phenoxy) is 2. The molecule has 0 radical (unpaired) electrons. The summed E-state index contributed by atoms with van der Waals surface area (Å²) in [5.74, 6) is -2.73. The van der Waals surface area contributed by atoms with E-state index in [1.54, 1.807) is 6.07 Å². The van der Waals surface area contributed by atoms with Crippen molar-refractivity contribution in [2.75, 3.05) is 13.2 Å². The van der Waals surface area contributed by atoms with Crippen molar-refractivity contribution < 1.29 is 27.8 Å². The molecule has 0 aliphatic rings. The Hall–Kier alpha value is -1.50. The number of hydrogen-bond acceptors (Lipinski definition) is 4. The minimum Gasteiger partial charge on any atom is -0.465 e. The molecule has 0 atom stereocenters. The molecule has 1 aromatic carbocycles. The maximum Gasteiger partial charge on any atom is 0.335 e. The van der Waals surface area contributed by atoms with E-state index in [2.05, 4.69) is 15.9 Å². The molecule has 0 amide bonds. The summed E-state index contributed by atoms with van der Waals surface area (Å²) in [6, 6.07) is 6.98. The molecule has 21 heavy (non-hydrogen) atoms. The highest BCUT2D eigenvalue weighted by molar-refractivity contribution is 9.10. The number of rotatable bonds is 6. The zero-order valence-corrected chi connectivity index (χ0v) is 13.2. The maximum absolute atomic E-state index is 14.2. The fraction of sp³-hybridized carbons (Fsp3) is 0.429. The fourth-order valence-electron chi connectivity index (χ4n) is 1.88. The topological polar surface area (TPSA) is 52.6 Å². The summed E-state index contributed by atoms with van der Waals surface area (Å²) in [6.07, 6.45) is 0. The lowest BCUT2D eigenvalue weighted by Crippen LogP contribution is -2.56. The van der Waals surface area contributed by atoms with Gasteiger partial charge in [0, 0.05) is 0 Å². The van der Waals surface area contributed by atoms with Gasteiger partial charge in [0.25, 0.3) is 5.41 Å². The standard InChI is InChI=1S/C14H15BrF2O4/c1-3-20-11(18)13(14(15,16)17,12(19)21-4-2)10-8-6-5-7-9-10/h5-9H,3-4H2,1-2H3. The Morgan fingerprint density at radius 2 is 1.48 bits per heavy atom. The maximum atomic E-state index is 14.2. The zero-order valence-electron chi connectivity index (χ0n) is 11.6. The van der Waals surface area contributed by atoms with E-state index >= 15 is 0 Å². The van der Waals surface area contributed by atoms with Crippen molar-refractivity contribution in [3.8, 4) is 0 Å². The minimum absolute atomic E-state index is 0.143. The smallest absolute Gasteiger partial charge is 0.335 e. The van der Waals surface area contributed by atoms with Gasteiger partial charge in [-0.15, -0.1) is 0 Å². The van der Waals surface area contributed by atoms with Crippen molar-refractivity contribution in [2.45, 2.75) is 24.1 Å². The molecule has 0 fully saturated rings. The van der Waals surface area contributed by atoms with Crippen LogP contribution in [-0.4, -0.2) is 30.0 Å². The van der Waals surface area contributed by atoms with Gasteiger partial charge in [0.2, 0.25) is 0 Å². The molecule has 0 saturated heterocycles. The Bertz CT molecular complexity index is 481. The average molecular weight is 365 g/mol. The van der Waals surface area contributed by atoms with Crippen LogP contribution in [0.15, 0.2) is 30.3 Å². The molecule has 0 saturated carbocycles. The lowest BCUT2D eigenvalue weighted by molar-refractivity contribution is -0.175. The van der Waals surface area contributed by atoms with Crippen LogP contribution in [-0.2, 0) is 24.5 Å². The van der Waals surface area contributed by atoms with E-state index in [4.69, 9.17) is 9.47 Å². The second-order valence-corrected chi connectivity index (χ2v) is 5.05. The van der Waals surface area contributed by atoms with Gasteiger partial charge in [0.05, 0.1) is 13.2 Å². The van der Waals surface area contributed by atoms with Crippen molar-refractivity contribution >= 4 is 27.9 Å². The minimum atomic E-state index is -3.88. The predicted octanol–water partition coefficient (Wildman–Crippen LogP) is 3.04. The van der Waals surface area contributed by atoms with E-state index in [9.17, 15) is 18.4 Å². The van der Waals surface area contributed by atoms with Gasteiger partial charge in [-0.2, -0.15) is 8.78 Å². The number of halogens is 3. The second kappa shape index (κ2) is 6.98. The van der Waals surface area contributed by atoms with Crippen LogP contribution in [0, 0.1) is 0 Å². The van der Waals surface area contributed by atoms with E-state index < -0.39 is 22.2 Å². The molecule has 7 heteroatoms. The summed E-state index contributed by atoms with van der Waals surface area (Å²) in [5, 5.41) is 0. The van der Waals surface area contributed by atoms with Gasteiger partial charge < -0.3 is 9.47 Å². The van der Waals surface area contributed by atoms with E-state index in [-0.39, 0.29) is 18.8 Å². The summed E-state index contributed by atoms with van der Waals surface area (Å²) >= 11 is 2.15. The van der Waals surface area contributed by atoms with Crippen LogP contribution >= 0.6 is 15.9 Å². The van der Waals surface area contributed by atoms with Crippen LogP contribution in [0.3, 0.4) is 0 Å². The third-order valence-electron chi connectivity index (χ3n) is 2.80. The molecule has 0 spiro atoms. The molecule has 0 heterocycles. The van der Waals surface area contributed by atoms with Crippen LogP contribution in [0.25, 0.3) is 0 Å². The monoisotopic (exact) mass is 364 g/mol. The van der Waals surface area contributed by atoms with E-state index in [1.807, 2.05) is 0 Å². The summed E-state index contributed by atoms with van der Waals surface area (Å²) in [7, 11) is 0. The SMILES string of the molecule is CCOC(=O)C(C(=O)OCC)(c1ccccc1)C(F)(F)Br. The van der Waals surface area contributed by atoms with Gasteiger partial charge in [-0.1, -0.05) is 30.3 Å². The summed E-state index contributed by atoms with van der Waals surface area (Å²) in [5.41, 5.74) is -3.09. The third-order valence-corrected chi connectivity index (χ3v) is 3.39. The number of alkyl halides is 3. The first kappa shape index (κ1) is 17.6. The molecule has 0 aromatic heterocycles. The fourth-order valence-corrected chi connectivity index (χ4v) is 2.43. The Morgan fingerprint density at radius 3 is 1.81 bits per heavy atom. The third kappa shape index (κ3) is 3.23. The summed E-state index contributed by atoms with van der Waals surface area (Å²) in [6.45, 7) is 2.64. The van der Waals surface area contributed by atoms with Gasteiger partial charge in [-0.3, -0.25) is 9.59 Å². The van der Waals surface area contributed by atoms with Gasteiger partial charge in [0.15, 0.2) is 0 Å². The van der Waals surface area contributed by atoms with Crippen LogP contribution in [0.2, 0.25) is 0 Å². The second-order valence-electron chi connectivity index (χ2n) is 4.05. The summed E-state index contributed by atoms with van der Waals surface area (Å²) < 4.78 is 37.8. The highest BCUT2D eigenvalue weighted by Crippen LogP contribution is 2.46. The predicted molar refractivity (Wildman–Crippen MR) is 75.3 cm³/mol. The first-order valence-corrected chi connectivity index (χ1v) is 7.08. The zero-order chi connectivity index (χ0) is 16.1. The Balaban J connectivity index is 3.57. The average Bonchev–Trinajstić information content (AvgIpc) is 2.39. The van der Waals surface area contributed by atoms with Crippen molar-refractivity contribution in [3.05, 3.63) is 35.9 Å². The number of carbonyl (C=O) groups excluding carboxylic acids is 2. The molecule has 0 bridgehead atoms. The molecule has 0 aliphatic heterocycles.